The van der Waals surface area contributed by atoms with Gasteiger partial charge in [0.05, 0.1) is 12.7 Å². The van der Waals surface area contributed by atoms with Gasteiger partial charge in [-0.3, -0.25) is 0 Å². The molecule has 0 aliphatic rings. The summed E-state index contributed by atoms with van der Waals surface area (Å²) in [5.74, 6) is 0.736. The van der Waals surface area contributed by atoms with Gasteiger partial charge in [-0.1, -0.05) is 0 Å². The molecule has 3 N–H and O–H groups in total. The van der Waals surface area contributed by atoms with Crippen LogP contribution in [0.5, 0.6) is 6.01 Å². The number of aliphatic hydroxyl groups is 1. The quantitative estimate of drug-likeness (QED) is 0.613. The highest BCUT2D eigenvalue weighted by Gasteiger charge is 2.20. The van der Waals surface area contributed by atoms with E-state index < -0.39 is 5.60 Å². The fraction of sp³-hybridized carbons (Fsp3) is 0.727. The second kappa shape index (κ2) is 7.05. The number of hydrogen-bond acceptors (Lipinski definition) is 8. The zero-order valence-corrected chi connectivity index (χ0v) is 11.7. The molecule has 19 heavy (non-hydrogen) atoms. The van der Waals surface area contributed by atoms with E-state index in [1.807, 2.05) is 0 Å². The molecule has 0 aliphatic carbocycles. The number of nitrogens with one attached hydrogen (secondary N) is 2. The summed E-state index contributed by atoms with van der Waals surface area (Å²) in [6.45, 7) is 2.50. The van der Waals surface area contributed by atoms with Gasteiger partial charge < -0.3 is 25.2 Å². The standard InChI is InChI=1S/C11H21N5O3/c1-11(17,5-6-18-3)7-13-9-14-8(12-2)15-10(16-9)19-4/h17H,5-7H2,1-4H3,(H2,12,13,14,15,16). The number of nitrogens with zero attached hydrogens (tertiary/aromatic N) is 3. The molecule has 108 valence electrons. The lowest BCUT2D eigenvalue weighted by atomic mass is 10.0. The van der Waals surface area contributed by atoms with Crippen molar-refractivity contribution in [3.63, 3.8) is 0 Å². The van der Waals surface area contributed by atoms with Crippen molar-refractivity contribution < 1.29 is 14.6 Å². The number of anilines is 2. The van der Waals surface area contributed by atoms with Crippen LogP contribution in [0.1, 0.15) is 13.3 Å². The number of methoxy groups -OCH3 is 2. The lowest BCUT2D eigenvalue weighted by Crippen LogP contribution is -2.35. The third kappa shape index (κ3) is 5.23. The molecular weight excluding hydrogens is 250 g/mol. The fourth-order valence-corrected chi connectivity index (χ4v) is 1.32. The van der Waals surface area contributed by atoms with E-state index in [1.165, 1.54) is 7.11 Å². The minimum absolute atomic E-state index is 0.207. The summed E-state index contributed by atoms with van der Waals surface area (Å²) < 4.78 is 9.91. The second-order valence-corrected chi connectivity index (χ2v) is 4.31. The minimum atomic E-state index is -0.907. The number of rotatable bonds is 8. The Hall–Kier alpha value is -1.67. The highest BCUT2D eigenvalue weighted by Crippen LogP contribution is 2.13. The Kier molecular flexibility index (Phi) is 5.71. The van der Waals surface area contributed by atoms with Gasteiger partial charge in [0.1, 0.15) is 0 Å². The molecule has 1 aromatic rings. The Morgan fingerprint density at radius 1 is 1.21 bits per heavy atom. The van der Waals surface area contributed by atoms with Crippen LogP contribution < -0.4 is 15.4 Å². The van der Waals surface area contributed by atoms with E-state index in [9.17, 15) is 5.11 Å². The molecule has 0 bridgehead atoms. The molecule has 0 aliphatic heterocycles. The molecular formula is C11H21N5O3. The highest BCUT2D eigenvalue weighted by molar-refractivity contribution is 5.35. The molecule has 8 nitrogen and oxygen atoms in total. The van der Waals surface area contributed by atoms with Crippen LogP contribution in [-0.4, -0.2) is 60.1 Å². The highest BCUT2D eigenvalue weighted by atomic mass is 16.5. The summed E-state index contributed by atoms with van der Waals surface area (Å²) in [4.78, 5) is 12.1. The van der Waals surface area contributed by atoms with Crippen molar-refractivity contribution in [3.8, 4) is 6.01 Å². The first-order valence-electron chi connectivity index (χ1n) is 5.94. The molecule has 1 aromatic heterocycles. The second-order valence-electron chi connectivity index (χ2n) is 4.31. The van der Waals surface area contributed by atoms with E-state index in [1.54, 1.807) is 21.1 Å². The van der Waals surface area contributed by atoms with Gasteiger partial charge >= 0.3 is 6.01 Å². The molecule has 1 unspecified atom stereocenters. The van der Waals surface area contributed by atoms with Gasteiger partial charge in [0.2, 0.25) is 11.9 Å². The Morgan fingerprint density at radius 3 is 2.47 bits per heavy atom. The van der Waals surface area contributed by atoms with Crippen LogP contribution in [0.15, 0.2) is 0 Å². The van der Waals surface area contributed by atoms with Crippen LogP contribution in [0.25, 0.3) is 0 Å². The van der Waals surface area contributed by atoms with E-state index in [4.69, 9.17) is 9.47 Å². The number of hydrogen-bond donors (Lipinski definition) is 3. The van der Waals surface area contributed by atoms with Crippen LogP contribution in [0.3, 0.4) is 0 Å². The molecule has 0 spiro atoms. The van der Waals surface area contributed by atoms with Crippen molar-refractivity contribution in [3.05, 3.63) is 0 Å². The predicted octanol–water partition coefficient (Wildman–Crippen LogP) is 0.121. The Balaban J connectivity index is 2.66. The van der Waals surface area contributed by atoms with Gasteiger partial charge in [-0.2, -0.15) is 15.0 Å². The smallest absolute Gasteiger partial charge is 0.322 e. The van der Waals surface area contributed by atoms with Crippen molar-refractivity contribution in [2.75, 3.05) is 45.1 Å². The lowest BCUT2D eigenvalue weighted by Gasteiger charge is -2.23. The third-order valence-corrected chi connectivity index (χ3v) is 2.49. The summed E-state index contributed by atoms with van der Waals surface area (Å²) in [5.41, 5.74) is -0.907. The van der Waals surface area contributed by atoms with Gasteiger partial charge in [0.15, 0.2) is 0 Å². The molecule has 0 aromatic carbocycles. The van der Waals surface area contributed by atoms with Gasteiger partial charge in [0, 0.05) is 33.7 Å². The minimum Gasteiger partial charge on any atom is -0.467 e. The zero-order chi connectivity index (χ0) is 14.3. The van der Waals surface area contributed by atoms with Crippen molar-refractivity contribution in [1.29, 1.82) is 0 Å². The SMILES string of the molecule is CNc1nc(NCC(C)(O)CCOC)nc(OC)n1. The van der Waals surface area contributed by atoms with E-state index in [-0.39, 0.29) is 6.01 Å². The van der Waals surface area contributed by atoms with E-state index in [2.05, 4.69) is 25.6 Å². The third-order valence-electron chi connectivity index (χ3n) is 2.49. The van der Waals surface area contributed by atoms with Crippen molar-refractivity contribution in [2.45, 2.75) is 18.9 Å². The average Bonchev–Trinajstić information content (AvgIpc) is 2.42. The average molecular weight is 271 g/mol. The maximum Gasteiger partial charge on any atom is 0.322 e. The molecule has 1 rings (SSSR count). The Bertz CT molecular complexity index is 378. The van der Waals surface area contributed by atoms with E-state index in [0.29, 0.717) is 31.5 Å². The van der Waals surface area contributed by atoms with Crippen LogP contribution in [0, 0.1) is 0 Å². The zero-order valence-electron chi connectivity index (χ0n) is 11.7. The van der Waals surface area contributed by atoms with Crippen LogP contribution in [0.2, 0.25) is 0 Å². The molecule has 0 saturated heterocycles. The first kappa shape index (κ1) is 15.4. The molecule has 0 fully saturated rings. The van der Waals surface area contributed by atoms with Gasteiger partial charge in [0.25, 0.3) is 0 Å². The fourth-order valence-electron chi connectivity index (χ4n) is 1.32. The number of ether oxygens (including phenoxy) is 2. The first-order chi connectivity index (χ1) is 9.00. The largest absolute Gasteiger partial charge is 0.467 e. The first-order valence-corrected chi connectivity index (χ1v) is 5.94. The summed E-state index contributed by atoms with van der Waals surface area (Å²) in [5, 5.41) is 15.9. The van der Waals surface area contributed by atoms with Gasteiger partial charge in [-0.05, 0) is 6.92 Å². The normalized spacial score (nSPS) is 13.7. The van der Waals surface area contributed by atoms with Crippen molar-refractivity contribution >= 4 is 11.9 Å². The Labute approximate surface area is 112 Å². The molecule has 0 amide bonds. The van der Waals surface area contributed by atoms with Crippen LogP contribution in [0.4, 0.5) is 11.9 Å². The van der Waals surface area contributed by atoms with Crippen LogP contribution in [-0.2, 0) is 4.74 Å². The predicted molar refractivity (Wildman–Crippen MR) is 71.5 cm³/mol. The maximum atomic E-state index is 10.1. The van der Waals surface area contributed by atoms with Gasteiger partial charge in [-0.25, -0.2) is 0 Å². The summed E-state index contributed by atoms with van der Waals surface area (Å²) in [7, 11) is 4.78. The van der Waals surface area contributed by atoms with Gasteiger partial charge in [-0.15, -0.1) is 0 Å². The van der Waals surface area contributed by atoms with Crippen molar-refractivity contribution in [1.82, 2.24) is 15.0 Å². The maximum absolute atomic E-state index is 10.1. The molecule has 1 atom stereocenters. The number of aromatic nitrogens is 3. The monoisotopic (exact) mass is 271 g/mol. The molecule has 8 heteroatoms. The molecule has 1 heterocycles. The molecule has 0 saturated carbocycles. The lowest BCUT2D eigenvalue weighted by molar-refractivity contribution is 0.0356. The van der Waals surface area contributed by atoms with E-state index in [0.717, 1.165) is 0 Å². The summed E-state index contributed by atoms with van der Waals surface area (Å²) >= 11 is 0. The van der Waals surface area contributed by atoms with Crippen LogP contribution >= 0.6 is 0 Å². The molecule has 0 radical (unpaired) electrons. The summed E-state index contributed by atoms with van der Waals surface area (Å²) in [6, 6.07) is 0.207. The topological polar surface area (TPSA) is 101 Å². The summed E-state index contributed by atoms with van der Waals surface area (Å²) in [6.07, 6.45) is 0.512. The van der Waals surface area contributed by atoms with Crippen molar-refractivity contribution in [2.24, 2.45) is 0 Å². The Morgan fingerprint density at radius 2 is 1.89 bits per heavy atom. The van der Waals surface area contributed by atoms with E-state index >= 15 is 0 Å².